The fraction of sp³-hybridized carbons (Fsp3) is 0.235. The first kappa shape index (κ1) is 14.0. The van der Waals surface area contributed by atoms with E-state index >= 15 is 0 Å². The highest BCUT2D eigenvalue weighted by molar-refractivity contribution is 6.01. The summed E-state index contributed by atoms with van der Waals surface area (Å²) in [5.74, 6) is -0.891. The molecule has 4 nitrogen and oxygen atoms in total. The monoisotopic (exact) mass is 317 g/mol. The zero-order valence-corrected chi connectivity index (χ0v) is 12.1. The Kier molecular flexibility index (Phi) is 3.01. The fourth-order valence-electron chi connectivity index (χ4n) is 2.79. The van der Waals surface area contributed by atoms with Crippen molar-refractivity contribution in [3.8, 4) is 11.5 Å². The van der Waals surface area contributed by atoms with Crippen LogP contribution in [0.3, 0.4) is 0 Å². The molecule has 1 heterocycles. The summed E-state index contributed by atoms with van der Waals surface area (Å²) in [5.41, 5.74) is 0.425. The van der Waals surface area contributed by atoms with Gasteiger partial charge in [-0.3, -0.25) is 4.79 Å². The van der Waals surface area contributed by atoms with Crippen LogP contribution < -0.4 is 14.8 Å². The quantitative estimate of drug-likeness (QED) is 0.944. The van der Waals surface area contributed by atoms with Gasteiger partial charge in [0, 0.05) is 11.8 Å². The average Bonchev–Trinajstić information content (AvgIpc) is 3.22. The van der Waals surface area contributed by atoms with Crippen LogP contribution in [0.2, 0.25) is 0 Å². The van der Waals surface area contributed by atoms with Gasteiger partial charge in [0.05, 0.1) is 5.41 Å². The lowest BCUT2D eigenvalue weighted by atomic mass is 9.94. The van der Waals surface area contributed by atoms with E-state index in [0.717, 1.165) is 17.7 Å². The van der Waals surface area contributed by atoms with Gasteiger partial charge in [-0.2, -0.15) is 0 Å². The van der Waals surface area contributed by atoms with Crippen molar-refractivity contribution in [3.63, 3.8) is 0 Å². The zero-order valence-electron chi connectivity index (χ0n) is 12.1. The number of anilines is 1. The molecule has 0 spiro atoms. The zero-order chi connectivity index (χ0) is 16.0. The van der Waals surface area contributed by atoms with Crippen LogP contribution in [-0.4, -0.2) is 12.7 Å². The summed E-state index contributed by atoms with van der Waals surface area (Å²) < 4.78 is 36.8. The standard InChI is InChI=1S/C17H13F2NO3/c18-12-3-2-11(8-13(12)19)20-16(21)17(5-6-17)10-1-4-14-15(7-10)23-9-22-14/h1-4,7-8H,5-6,9H2,(H,20,21). The van der Waals surface area contributed by atoms with Crippen molar-refractivity contribution >= 4 is 11.6 Å². The van der Waals surface area contributed by atoms with Crippen LogP contribution in [0, 0.1) is 11.6 Å². The lowest BCUT2D eigenvalue weighted by Crippen LogP contribution is -2.27. The molecule has 0 atom stereocenters. The summed E-state index contributed by atoms with van der Waals surface area (Å²) in [4.78, 5) is 12.6. The molecule has 1 amide bonds. The van der Waals surface area contributed by atoms with Crippen molar-refractivity contribution in [3.05, 3.63) is 53.6 Å². The topological polar surface area (TPSA) is 47.6 Å². The molecular weight excluding hydrogens is 304 g/mol. The highest BCUT2D eigenvalue weighted by atomic mass is 19.2. The molecule has 0 radical (unpaired) electrons. The second kappa shape index (κ2) is 4.94. The highest BCUT2D eigenvalue weighted by Crippen LogP contribution is 2.51. The van der Waals surface area contributed by atoms with Gasteiger partial charge in [0.2, 0.25) is 12.7 Å². The van der Waals surface area contributed by atoms with Gasteiger partial charge in [0.15, 0.2) is 23.1 Å². The first-order valence-corrected chi connectivity index (χ1v) is 7.25. The van der Waals surface area contributed by atoms with Gasteiger partial charge >= 0.3 is 0 Å². The third-order valence-electron chi connectivity index (χ3n) is 4.29. The molecule has 0 aromatic heterocycles. The number of halogens is 2. The molecule has 2 aromatic rings. The number of carbonyl (C=O) groups excluding carboxylic acids is 1. The van der Waals surface area contributed by atoms with Crippen LogP contribution in [0.1, 0.15) is 18.4 Å². The maximum absolute atomic E-state index is 13.3. The largest absolute Gasteiger partial charge is 0.454 e. The maximum Gasteiger partial charge on any atom is 0.235 e. The third-order valence-corrected chi connectivity index (χ3v) is 4.29. The summed E-state index contributed by atoms with van der Waals surface area (Å²) in [7, 11) is 0. The molecule has 6 heteroatoms. The van der Waals surface area contributed by atoms with Gasteiger partial charge in [-0.25, -0.2) is 8.78 Å². The third kappa shape index (κ3) is 2.30. The van der Waals surface area contributed by atoms with E-state index in [2.05, 4.69) is 5.32 Å². The van der Waals surface area contributed by atoms with Crippen molar-refractivity contribution in [1.82, 2.24) is 0 Å². The van der Waals surface area contributed by atoms with Crippen LogP contribution in [0.5, 0.6) is 11.5 Å². The summed E-state index contributed by atoms with van der Waals surface area (Å²) in [5, 5.41) is 2.66. The molecule has 4 rings (SSSR count). The van der Waals surface area contributed by atoms with E-state index in [1.807, 2.05) is 6.07 Å². The molecule has 118 valence electrons. The van der Waals surface area contributed by atoms with Crippen molar-refractivity contribution in [2.75, 3.05) is 12.1 Å². The van der Waals surface area contributed by atoms with Crippen LogP contribution >= 0.6 is 0 Å². The Hall–Kier alpha value is -2.63. The molecule has 2 aromatic carbocycles. The lowest BCUT2D eigenvalue weighted by Gasteiger charge is -2.16. The smallest absolute Gasteiger partial charge is 0.235 e. The van der Waals surface area contributed by atoms with Gasteiger partial charge in [0.25, 0.3) is 0 Å². The lowest BCUT2D eigenvalue weighted by molar-refractivity contribution is -0.118. The maximum atomic E-state index is 13.3. The van der Waals surface area contributed by atoms with E-state index in [-0.39, 0.29) is 18.4 Å². The van der Waals surface area contributed by atoms with Gasteiger partial charge in [-0.1, -0.05) is 6.07 Å². The molecule has 2 aliphatic rings. The summed E-state index contributed by atoms with van der Waals surface area (Å²) in [6, 6.07) is 8.73. The normalized spacial score (nSPS) is 17.0. The van der Waals surface area contributed by atoms with E-state index in [1.54, 1.807) is 12.1 Å². The number of carbonyl (C=O) groups is 1. The van der Waals surface area contributed by atoms with E-state index < -0.39 is 17.0 Å². The van der Waals surface area contributed by atoms with Crippen molar-refractivity contribution in [2.24, 2.45) is 0 Å². The van der Waals surface area contributed by atoms with Crippen molar-refractivity contribution in [1.29, 1.82) is 0 Å². The van der Waals surface area contributed by atoms with Gasteiger partial charge < -0.3 is 14.8 Å². The molecule has 23 heavy (non-hydrogen) atoms. The van der Waals surface area contributed by atoms with E-state index in [4.69, 9.17) is 9.47 Å². The number of fused-ring (bicyclic) bond motifs is 1. The number of nitrogens with one attached hydrogen (secondary N) is 1. The van der Waals surface area contributed by atoms with Crippen molar-refractivity contribution in [2.45, 2.75) is 18.3 Å². The first-order chi connectivity index (χ1) is 11.1. The van der Waals surface area contributed by atoms with E-state index in [1.165, 1.54) is 6.07 Å². The molecule has 0 unspecified atom stereocenters. The van der Waals surface area contributed by atoms with Crippen LogP contribution in [0.4, 0.5) is 14.5 Å². The van der Waals surface area contributed by atoms with E-state index in [9.17, 15) is 13.6 Å². The summed E-state index contributed by atoms with van der Waals surface area (Å²) in [6.45, 7) is 0.173. The van der Waals surface area contributed by atoms with Gasteiger partial charge in [-0.05, 0) is 42.7 Å². The molecule has 1 fully saturated rings. The second-order valence-corrected chi connectivity index (χ2v) is 5.73. The minimum Gasteiger partial charge on any atom is -0.454 e. The highest BCUT2D eigenvalue weighted by Gasteiger charge is 2.51. The van der Waals surface area contributed by atoms with Crippen LogP contribution in [-0.2, 0) is 10.2 Å². The van der Waals surface area contributed by atoms with Gasteiger partial charge in [-0.15, -0.1) is 0 Å². The number of benzene rings is 2. The number of amides is 1. The molecule has 1 saturated carbocycles. The molecular formula is C17H13F2NO3. The Balaban J connectivity index is 1.59. The predicted octanol–water partition coefficient (Wildman–Crippen LogP) is 3.36. The summed E-state index contributed by atoms with van der Waals surface area (Å²) >= 11 is 0. The van der Waals surface area contributed by atoms with Gasteiger partial charge in [0.1, 0.15) is 0 Å². The number of hydrogen-bond acceptors (Lipinski definition) is 3. The average molecular weight is 317 g/mol. The Morgan fingerprint density at radius 3 is 2.52 bits per heavy atom. The first-order valence-electron chi connectivity index (χ1n) is 7.25. The predicted molar refractivity (Wildman–Crippen MR) is 78.5 cm³/mol. The minimum atomic E-state index is -0.990. The molecule has 1 N–H and O–H groups in total. The van der Waals surface area contributed by atoms with E-state index in [0.29, 0.717) is 24.3 Å². The van der Waals surface area contributed by atoms with Crippen molar-refractivity contribution < 1.29 is 23.0 Å². The Morgan fingerprint density at radius 2 is 1.78 bits per heavy atom. The van der Waals surface area contributed by atoms with Crippen LogP contribution in [0.25, 0.3) is 0 Å². The number of rotatable bonds is 3. The Labute approximate surface area is 131 Å². The molecule has 1 aliphatic heterocycles. The fourth-order valence-corrected chi connectivity index (χ4v) is 2.79. The summed E-state index contributed by atoms with van der Waals surface area (Å²) in [6.07, 6.45) is 1.39. The Morgan fingerprint density at radius 1 is 1.00 bits per heavy atom. The van der Waals surface area contributed by atoms with Crippen LogP contribution in [0.15, 0.2) is 36.4 Å². The molecule has 0 bridgehead atoms. The number of ether oxygens (including phenoxy) is 2. The number of hydrogen-bond donors (Lipinski definition) is 1. The molecule has 1 aliphatic carbocycles. The second-order valence-electron chi connectivity index (χ2n) is 5.73. The molecule has 0 saturated heterocycles. The SMILES string of the molecule is O=C(Nc1ccc(F)c(F)c1)C1(c2ccc3c(c2)OCO3)CC1. The Bertz CT molecular complexity index is 802. The minimum absolute atomic E-state index is 0.173.